The van der Waals surface area contributed by atoms with E-state index in [1.165, 1.54) is 74.1 Å². The Morgan fingerprint density at radius 3 is 2.00 bits per heavy atom. The third-order valence-corrected chi connectivity index (χ3v) is 7.46. The van der Waals surface area contributed by atoms with Gasteiger partial charge in [-0.1, -0.05) is 32.4 Å². The van der Waals surface area contributed by atoms with Gasteiger partial charge >= 0.3 is 17.1 Å². The molecule has 1 saturated carbocycles. The molecule has 3 fully saturated rings. The van der Waals surface area contributed by atoms with Gasteiger partial charge in [0.1, 0.15) is 0 Å². The van der Waals surface area contributed by atoms with Crippen LogP contribution in [0, 0.1) is 34.6 Å². The maximum absolute atomic E-state index is 4.71. The van der Waals surface area contributed by atoms with Crippen molar-refractivity contribution in [3.8, 4) is 0 Å². The van der Waals surface area contributed by atoms with Crippen LogP contribution < -0.4 is 0 Å². The number of rotatable bonds is 4. The first-order valence-electron chi connectivity index (χ1n) is 12.4. The molecule has 2 aliphatic heterocycles. The molecule has 0 bridgehead atoms. The van der Waals surface area contributed by atoms with Crippen LogP contribution in [0.3, 0.4) is 0 Å². The summed E-state index contributed by atoms with van der Waals surface area (Å²) in [6, 6.07) is 9.52. The molecular formula is C29H46FeN4+2. The van der Waals surface area contributed by atoms with Crippen molar-refractivity contribution in [2.75, 3.05) is 13.1 Å². The molecule has 188 valence electrons. The van der Waals surface area contributed by atoms with Gasteiger partial charge in [0.15, 0.2) is 0 Å². The van der Waals surface area contributed by atoms with E-state index in [0.717, 1.165) is 19.0 Å². The predicted molar refractivity (Wildman–Crippen MR) is 141 cm³/mol. The molecule has 4 nitrogen and oxygen atoms in total. The number of hydrogen-bond acceptors (Lipinski definition) is 4. The molecule has 5 heteroatoms. The molecule has 0 aromatic carbocycles. The minimum atomic E-state index is 0. The first kappa shape index (κ1) is 30.8. The zero-order chi connectivity index (χ0) is 21.8. The fourth-order valence-electron chi connectivity index (χ4n) is 6.17. The van der Waals surface area contributed by atoms with Gasteiger partial charge < -0.3 is 14.9 Å². The molecule has 3 aliphatic rings. The van der Waals surface area contributed by atoms with Crippen LogP contribution in [0.5, 0.6) is 0 Å². The smallest absolute Gasteiger partial charge is 0.358 e. The average Bonchev–Trinajstić information content (AvgIpc) is 3.45. The first-order valence-corrected chi connectivity index (χ1v) is 12.4. The van der Waals surface area contributed by atoms with E-state index >= 15 is 0 Å². The Balaban J connectivity index is 0.000000918. The molecule has 0 amide bonds. The Bertz CT molecular complexity index is 838. The summed E-state index contributed by atoms with van der Waals surface area (Å²) in [6.07, 6.45) is 12.0. The van der Waals surface area contributed by atoms with Crippen LogP contribution in [0.4, 0.5) is 0 Å². The molecule has 2 saturated heterocycles. The fourth-order valence-corrected chi connectivity index (χ4v) is 6.17. The molecule has 0 N–H and O–H groups in total. The van der Waals surface area contributed by atoms with E-state index in [2.05, 4.69) is 61.8 Å². The van der Waals surface area contributed by atoms with Crippen molar-refractivity contribution in [1.29, 1.82) is 0 Å². The van der Waals surface area contributed by atoms with Crippen LogP contribution in [0.1, 0.15) is 74.9 Å². The Morgan fingerprint density at radius 1 is 0.853 bits per heavy atom. The summed E-state index contributed by atoms with van der Waals surface area (Å²) >= 11 is 0. The SMILES string of the molecule is CCC.Cc1ccc(CN2CCC3CC[C@]4(CCCN4Cc4ccc(C)cn4)[C@H]32)nc1.[CH3-].[CH3-].[Fe+4]. The van der Waals surface area contributed by atoms with E-state index < -0.39 is 0 Å². The molecule has 3 atom stereocenters. The van der Waals surface area contributed by atoms with Gasteiger partial charge in [-0.15, -0.1) is 0 Å². The third kappa shape index (κ3) is 6.49. The quantitative estimate of drug-likeness (QED) is 0.354. The van der Waals surface area contributed by atoms with Crippen molar-refractivity contribution in [1.82, 2.24) is 19.8 Å². The van der Waals surface area contributed by atoms with Crippen molar-refractivity contribution < 1.29 is 17.1 Å². The summed E-state index contributed by atoms with van der Waals surface area (Å²) in [4.78, 5) is 15.0. The van der Waals surface area contributed by atoms with Crippen LogP contribution in [0.15, 0.2) is 36.7 Å². The number of aryl methyl sites for hydroxylation is 2. The van der Waals surface area contributed by atoms with Crippen LogP contribution in [0.2, 0.25) is 0 Å². The second-order valence-electron chi connectivity index (χ2n) is 9.99. The second kappa shape index (κ2) is 13.7. The topological polar surface area (TPSA) is 32.3 Å². The Morgan fingerprint density at radius 2 is 1.44 bits per heavy atom. The van der Waals surface area contributed by atoms with Gasteiger partial charge in [-0.2, -0.15) is 0 Å². The summed E-state index contributed by atoms with van der Waals surface area (Å²) in [5, 5.41) is 0. The van der Waals surface area contributed by atoms with Crippen molar-refractivity contribution in [3.05, 3.63) is 74.0 Å². The Kier molecular flexibility index (Phi) is 12.4. The van der Waals surface area contributed by atoms with Crippen molar-refractivity contribution in [2.45, 2.75) is 90.9 Å². The van der Waals surface area contributed by atoms with E-state index in [9.17, 15) is 0 Å². The Labute approximate surface area is 220 Å². The molecule has 1 aliphatic carbocycles. The van der Waals surface area contributed by atoms with Gasteiger partial charge in [0.05, 0.1) is 11.4 Å². The molecule has 2 aromatic heterocycles. The zero-order valence-electron chi connectivity index (χ0n) is 22.3. The summed E-state index contributed by atoms with van der Waals surface area (Å²) < 4.78 is 0. The molecular weight excluding hydrogens is 460 g/mol. The molecule has 5 rings (SSSR count). The second-order valence-corrected chi connectivity index (χ2v) is 9.99. The van der Waals surface area contributed by atoms with E-state index in [4.69, 9.17) is 9.97 Å². The summed E-state index contributed by atoms with van der Waals surface area (Å²) in [6.45, 7) is 12.9. The molecule has 0 radical (unpaired) electrons. The third-order valence-electron chi connectivity index (χ3n) is 7.46. The van der Waals surface area contributed by atoms with Gasteiger partial charge in [0.25, 0.3) is 0 Å². The maximum Gasteiger partial charge on any atom is 4.00 e. The largest absolute Gasteiger partial charge is 4.00 e. The van der Waals surface area contributed by atoms with Gasteiger partial charge in [-0.05, 0) is 88.2 Å². The van der Waals surface area contributed by atoms with Crippen molar-refractivity contribution >= 4 is 0 Å². The summed E-state index contributed by atoms with van der Waals surface area (Å²) in [5.41, 5.74) is 5.28. The molecule has 2 aromatic rings. The van der Waals surface area contributed by atoms with Gasteiger partial charge in [0, 0.05) is 37.1 Å². The predicted octanol–water partition coefficient (Wildman–Crippen LogP) is 6.43. The number of fused-ring (bicyclic) bond motifs is 2. The van der Waals surface area contributed by atoms with E-state index in [1.807, 2.05) is 12.4 Å². The summed E-state index contributed by atoms with van der Waals surface area (Å²) in [5.74, 6) is 0.858. The summed E-state index contributed by atoms with van der Waals surface area (Å²) in [7, 11) is 0. The van der Waals surface area contributed by atoms with Crippen LogP contribution in [0.25, 0.3) is 0 Å². The van der Waals surface area contributed by atoms with Crippen LogP contribution in [-0.4, -0.2) is 44.4 Å². The van der Waals surface area contributed by atoms with E-state index in [-0.39, 0.29) is 31.9 Å². The van der Waals surface area contributed by atoms with Crippen LogP contribution >= 0.6 is 0 Å². The van der Waals surface area contributed by atoms with E-state index in [1.54, 1.807) is 0 Å². The number of hydrogen-bond donors (Lipinski definition) is 0. The van der Waals surface area contributed by atoms with Gasteiger partial charge in [-0.25, -0.2) is 0 Å². The Hall–Kier alpha value is -1.26. The minimum Gasteiger partial charge on any atom is -0.358 e. The molecule has 1 spiro atoms. The normalized spacial score (nSPS) is 25.5. The molecule has 1 unspecified atom stereocenters. The van der Waals surface area contributed by atoms with Crippen molar-refractivity contribution in [2.24, 2.45) is 5.92 Å². The van der Waals surface area contributed by atoms with Gasteiger partial charge in [-0.3, -0.25) is 19.8 Å². The number of pyridine rings is 2. The number of nitrogens with zero attached hydrogens (tertiary/aromatic N) is 4. The van der Waals surface area contributed by atoms with Crippen LogP contribution in [-0.2, 0) is 30.2 Å². The maximum atomic E-state index is 4.71. The number of aromatic nitrogens is 2. The molecule has 4 heterocycles. The standard InChI is InChI=1S/C24H32N4.C3H8.2CH3.Fe/c1-18-4-6-21(25-14-18)16-27-13-9-20-8-11-24(23(20)27)10-3-12-28(24)17-22-7-5-19(2)15-26-22;1-3-2;;;/h4-7,14-15,20,23H,3,8-13,16-17H2,1-2H3;3H2,1-2H3;2*1H3;/q;;2*-1;+4/t20?,23-,24+;;;;/m0..../s1. The minimum absolute atomic E-state index is 0. The number of likely N-dealkylation sites (tertiary alicyclic amines) is 2. The van der Waals surface area contributed by atoms with Crippen molar-refractivity contribution in [3.63, 3.8) is 0 Å². The van der Waals surface area contributed by atoms with Gasteiger partial charge in [0.2, 0.25) is 0 Å². The average molecular weight is 507 g/mol. The fraction of sp³-hybridized carbons (Fsp3) is 0.586. The zero-order valence-corrected chi connectivity index (χ0v) is 23.4. The first-order chi connectivity index (χ1) is 15.1. The monoisotopic (exact) mass is 506 g/mol. The van der Waals surface area contributed by atoms with E-state index in [0.29, 0.717) is 11.6 Å². The molecule has 34 heavy (non-hydrogen) atoms.